The van der Waals surface area contributed by atoms with Gasteiger partial charge in [-0.1, -0.05) is 0 Å². The van der Waals surface area contributed by atoms with Gasteiger partial charge in [-0.15, -0.1) is 0 Å². The molecule has 0 fully saturated rings. The van der Waals surface area contributed by atoms with Crippen LogP contribution in [0.4, 0.5) is 0 Å². The number of nitrogens with one attached hydrogen (secondary N) is 1. The summed E-state index contributed by atoms with van der Waals surface area (Å²) in [5.74, 6) is 0.142. The van der Waals surface area contributed by atoms with Crippen molar-refractivity contribution in [2.45, 2.75) is 12.5 Å². The Morgan fingerprint density at radius 1 is 1.36 bits per heavy atom. The van der Waals surface area contributed by atoms with Crippen molar-refractivity contribution in [1.82, 2.24) is 5.32 Å². The van der Waals surface area contributed by atoms with Crippen LogP contribution in [0.25, 0.3) is 0 Å². The minimum Gasteiger partial charge on any atom is -0.508 e. The lowest BCUT2D eigenvalue weighted by Crippen LogP contribution is -2.32. The summed E-state index contributed by atoms with van der Waals surface area (Å²) >= 11 is 0. The van der Waals surface area contributed by atoms with Gasteiger partial charge < -0.3 is 20.6 Å². The molecule has 1 atom stereocenters. The Hall–Kier alpha value is -1.26. The van der Waals surface area contributed by atoms with E-state index in [0.29, 0.717) is 0 Å². The quantitative estimate of drug-likeness (QED) is 0.519. The molecule has 2 rings (SSSR count). The zero-order valence-electron chi connectivity index (χ0n) is 7.70. The molecule has 1 aliphatic rings. The summed E-state index contributed by atoms with van der Waals surface area (Å²) in [5.41, 5.74) is 1.61. The number of hydrogen-bond acceptors (Lipinski definition) is 4. The van der Waals surface area contributed by atoms with Crippen molar-refractivity contribution >= 4 is 0 Å². The van der Waals surface area contributed by atoms with Crippen LogP contribution in [0.3, 0.4) is 0 Å². The van der Waals surface area contributed by atoms with Crippen molar-refractivity contribution in [1.29, 1.82) is 0 Å². The number of phenolic OH excluding ortho intramolecular Hbond substituents is 2. The second-order valence-corrected chi connectivity index (χ2v) is 3.47. The van der Waals surface area contributed by atoms with Gasteiger partial charge in [-0.25, -0.2) is 0 Å². The van der Waals surface area contributed by atoms with Gasteiger partial charge in [0, 0.05) is 11.6 Å². The Morgan fingerprint density at radius 2 is 2.14 bits per heavy atom. The molecule has 1 aromatic carbocycles. The van der Waals surface area contributed by atoms with E-state index in [4.69, 9.17) is 5.11 Å². The third-order valence-corrected chi connectivity index (χ3v) is 2.57. The minimum absolute atomic E-state index is 0.0309. The van der Waals surface area contributed by atoms with Crippen molar-refractivity contribution in [2.75, 3.05) is 13.2 Å². The Bertz CT molecular complexity index is 351. The molecule has 4 N–H and O–H groups in total. The summed E-state index contributed by atoms with van der Waals surface area (Å²) in [5, 5.41) is 31.1. The molecule has 0 saturated carbocycles. The average molecular weight is 195 g/mol. The van der Waals surface area contributed by atoms with Gasteiger partial charge in [-0.2, -0.15) is 0 Å². The van der Waals surface area contributed by atoms with E-state index in [1.54, 1.807) is 6.07 Å². The summed E-state index contributed by atoms with van der Waals surface area (Å²) < 4.78 is 0. The first-order valence-corrected chi connectivity index (χ1v) is 4.61. The van der Waals surface area contributed by atoms with Crippen LogP contribution in [-0.2, 0) is 6.42 Å². The maximum atomic E-state index is 9.58. The van der Waals surface area contributed by atoms with E-state index >= 15 is 0 Å². The lowest BCUT2D eigenvalue weighted by atomic mass is 9.93. The molecule has 1 aliphatic heterocycles. The smallest absolute Gasteiger partial charge is 0.122 e. The van der Waals surface area contributed by atoms with E-state index < -0.39 is 0 Å². The van der Waals surface area contributed by atoms with Crippen LogP contribution in [0.5, 0.6) is 11.5 Å². The fourth-order valence-electron chi connectivity index (χ4n) is 1.89. The lowest BCUT2D eigenvalue weighted by molar-refractivity contribution is 0.239. The van der Waals surface area contributed by atoms with Crippen LogP contribution in [0, 0.1) is 0 Å². The van der Waals surface area contributed by atoms with E-state index in [1.165, 1.54) is 6.07 Å². The van der Waals surface area contributed by atoms with E-state index in [2.05, 4.69) is 5.32 Å². The molecule has 0 aromatic heterocycles. The highest BCUT2D eigenvalue weighted by molar-refractivity contribution is 5.48. The lowest BCUT2D eigenvalue weighted by Gasteiger charge is -2.26. The van der Waals surface area contributed by atoms with E-state index in [-0.39, 0.29) is 24.1 Å². The molecular formula is C10H13NO3. The molecule has 0 spiro atoms. The predicted molar refractivity (Wildman–Crippen MR) is 51.3 cm³/mol. The van der Waals surface area contributed by atoms with Gasteiger partial charge in [0.15, 0.2) is 0 Å². The fraction of sp³-hybridized carbons (Fsp3) is 0.400. The number of rotatable bonds is 1. The molecule has 1 unspecified atom stereocenters. The SMILES string of the molecule is OCC1NCCc2c(O)cc(O)cc21. The molecule has 1 heterocycles. The van der Waals surface area contributed by atoms with Gasteiger partial charge in [-0.05, 0) is 24.6 Å². The zero-order valence-corrected chi connectivity index (χ0v) is 7.70. The summed E-state index contributed by atoms with van der Waals surface area (Å²) in [4.78, 5) is 0. The van der Waals surface area contributed by atoms with Crippen LogP contribution >= 0.6 is 0 Å². The van der Waals surface area contributed by atoms with Crippen molar-refractivity contribution in [3.63, 3.8) is 0 Å². The Balaban J connectivity index is 2.51. The van der Waals surface area contributed by atoms with E-state index in [9.17, 15) is 10.2 Å². The fourth-order valence-corrected chi connectivity index (χ4v) is 1.89. The highest BCUT2D eigenvalue weighted by Crippen LogP contribution is 2.33. The van der Waals surface area contributed by atoms with Crippen LogP contribution < -0.4 is 5.32 Å². The standard InChI is InChI=1S/C10H13NO3/c12-5-9-8-3-6(13)4-10(14)7(8)1-2-11-9/h3-4,9,11-14H,1-2,5H2. The normalized spacial score (nSPS) is 20.5. The number of aromatic hydroxyl groups is 2. The van der Waals surface area contributed by atoms with Crippen molar-refractivity contribution in [3.8, 4) is 11.5 Å². The molecule has 1 aromatic rings. The first kappa shape index (κ1) is 9.30. The van der Waals surface area contributed by atoms with Crippen LogP contribution in [0.2, 0.25) is 0 Å². The van der Waals surface area contributed by atoms with Gasteiger partial charge >= 0.3 is 0 Å². The molecule has 4 heteroatoms. The van der Waals surface area contributed by atoms with Crippen molar-refractivity contribution in [2.24, 2.45) is 0 Å². The van der Waals surface area contributed by atoms with Gasteiger partial charge in [0.25, 0.3) is 0 Å². The van der Waals surface area contributed by atoms with Crippen LogP contribution in [0.15, 0.2) is 12.1 Å². The largest absolute Gasteiger partial charge is 0.508 e. The Labute approximate surface area is 81.8 Å². The predicted octanol–water partition coefficient (Wildman–Crippen LogP) is 0.277. The Kier molecular flexibility index (Phi) is 2.31. The molecule has 0 amide bonds. The van der Waals surface area contributed by atoms with Gasteiger partial charge in [0.05, 0.1) is 12.6 Å². The first-order chi connectivity index (χ1) is 6.72. The summed E-state index contributed by atoms with van der Waals surface area (Å²) in [7, 11) is 0. The summed E-state index contributed by atoms with van der Waals surface area (Å²) in [6, 6.07) is 2.73. The van der Waals surface area contributed by atoms with Crippen LogP contribution in [-0.4, -0.2) is 28.5 Å². The van der Waals surface area contributed by atoms with Crippen molar-refractivity contribution in [3.05, 3.63) is 23.3 Å². The van der Waals surface area contributed by atoms with E-state index in [0.717, 1.165) is 24.1 Å². The average Bonchev–Trinajstić information content (AvgIpc) is 2.17. The maximum Gasteiger partial charge on any atom is 0.122 e. The molecule has 0 radical (unpaired) electrons. The number of aliphatic hydroxyl groups excluding tert-OH is 1. The number of phenols is 2. The number of hydrogen-bond donors (Lipinski definition) is 4. The maximum absolute atomic E-state index is 9.58. The second-order valence-electron chi connectivity index (χ2n) is 3.47. The number of aliphatic hydroxyl groups is 1. The first-order valence-electron chi connectivity index (χ1n) is 4.61. The molecule has 0 aliphatic carbocycles. The topological polar surface area (TPSA) is 72.7 Å². The van der Waals surface area contributed by atoms with Gasteiger partial charge in [0.1, 0.15) is 11.5 Å². The molecule has 76 valence electrons. The third kappa shape index (κ3) is 1.42. The highest BCUT2D eigenvalue weighted by Gasteiger charge is 2.21. The summed E-state index contributed by atoms with van der Waals surface area (Å²) in [6.45, 7) is 0.701. The molecule has 0 saturated heterocycles. The Morgan fingerprint density at radius 3 is 2.86 bits per heavy atom. The third-order valence-electron chi connectivity index (χ3n) is 2.57. The number of benzene rings is 1. The van der Waals surface area contributed by atoms with Gasteiger partial charge in [0.2, 0.25) is 0 Å². The highest BCUT2D eigenvalue weighted by atomic mass is 16.3. The number of fused-ring (bicyclic) bond motifs is 1. The zero-order chi connectivity index (χ0) is 10.1. The molecular weight excluding hydrogens is 182 g/mol. The molecule has 14 heavy (non-hydrogen) atoms. The van der Waals surface area contributed by atoms with Crippen LogP contribution in [0.1, 0.15) is 17.2 Å². The summed E-state index contributed by atoms with van der Waals surface area (Å²) in [6.07, 6.45) is 0.720. The molecule has 0 bridgehead atoms. The molecule has 4 nitrogen and oxygen atoms in total. The van der Waals surface area contributed by atoms with Crippen molar-refractivity contribution < 1.29 is 15.3 Å². The minimum atomic E-state index is -0.184. The van der Waals surface area contributed by atoms with E-state index in [1.807, 2.05) is 0 Å². The monoisotopic (exact) mass is 195 g/mol. The second kappa shape index (κ2) is 3.48. The van der Waals surface area contributed by atoms with Gasteiger partial charge in [-0.3, -0.25) is 0 Å².